The normalized spacial score (nSPS) is 14.8. The van der Waals surface area contributed by atoms with Crippen molar-refractivity contribution in [3.63, 3.8) is 0 Å². The number of benzene rings is 1. The molecular weight excluding hydrogens is 925 g/mol. The Morgan fingerprint density at radius 3 is 1.26 bits per heavy atom. The van der Waals surface area contributed by atoms with Gasteiger partial charge in [-0.05, 0) is 100 Å². The van der Waals surface area contributed by atoms with Crippen molar-refractivity contribution in [1.82, 2.24) is 37.2 Å². The van der Waals surface area contributed by atoms with Gasteiger partial charge in [-0.25, -0.2) is 4.79 Å². The first-order valence-electron chi connectivity index (χ1n) is 22.8. The fourth-order valence-corrected chi connectivity index (χ4v) is 7.14. The molecule has 16 N–H and O–H groups in total. The number of aliphatic carboxylic acids is 2. The number of carbonyl (C=O) groups is 9. The second-order valence-electron chi connectivity index (χ2n) is 17.4. The Bertz CT molecular complexity index is 1810. The molecule has 1 rings (SSSR count). The Balaban J connectivity index is 3.50. The van der Waals surface area contributed by atoms with Crippen LogP contribution in [0.25, 0.3) is 0 Å². The maximum absolute atomic E-state index is 14.2. The summed E-state index contributed by atoms with van der Waals surface area (Å²) in [4.78, 5) is 119. The summed E-state index contributed by atoms with van der Waals surface area (Å²) in [6.07, 6.45) is 0.988. The van der Waals surface area contributed by atoms with Gasteiger partial charge in [-0.2, -0.15) is 25.3 Å². The summed E-state index contributed by atoms with van der Waals surface area (Å²) < 4.78 is 0. The summed E-state index contributed by atoms with van der Waals surface area (Å²) in [6, 6.07) is -4.44. The maximum Gasteiger partial charge on any atom is 0.327 e. The lowest BCUT2D eigenvalue weighted by atomic mass is 9.98. The molecule has 0 bridgehead atoms. The van der Waals surface area contributed by atoms with Crippen LogP contribution in [0.3, 0.4) is 0 Å². The first kappa shape index (κ1) is 60.8. The number of amides is 7. The van der Waals surface area contributed by atoms with Crippen LogP contribution in [-0.2, 0) is 49.6 Å². The van der Waals surface area contributed by atoms with Crippen LogP contribution in [0.2, 0.25) is 0 Å². The highest BCUT2D eigenvalue weighted by atomic mass is 32.1. The molecule has 1 aromatic rings. The Morgan fingerprint density at radius 1 is 0.515 bits per heavy atom. The molecular formula is C44H74N10O12S2. The van der Waals surface area contributed by atoms with Gasteiger partial charge >= 0.3 is 11.9 Å². The number of phenolic OH excluding ortho intramolecular Hbond substituents is 1. The van der Waals surface area contributed by atoms with E-state index < -0.39 is 108 Å². The van der Waals surface area contributed by atoms with Gasteiger partial charge in [0.05, 0.1) is 6.04 Å². The van der Waals surface area contributed by atoms with E-state index in [-0.39, 0.29) is 80.7 Å². The molecule has 0 spiro atoms. The minimum Gasteiger partial charge on any atom is -0.508 e. The van der Waals surface area contributed by atoms with E-state index in [9.17, 15) is 58.5 Å². The largest absolute Gasteiger partial charge is 0.508 e. The average molecular weight is 999 g/mol. The van der Waals surface area contributed by atoms with Crippen LogP contribution in [0, 0.1) is 11.8 Å². The Hall–Kier alpha value is -5.17. The third-order valence-electron chi connectivity index (χ3n) is 10.5. The number of phenols is 1. The molecule has 384 valence electrons. The maximum atomic E-state index is 14.2. The molecule has 0 fully saturated rings. The summed E-state index contributed by atoms with van der Waals surface area (Å²) >= 11 is 8.01. The van der Waals surface area contributed by atoms with E-state index in [1.165, 1.54) is 24.3 Å². The molecule has 1 aromatic carbocycles. The number of nitrogens with two attached hydrogens (primary N) is 3. The molecule has 0 aliphatic rings. The molecule has 0 saturated heterocycles. The van der Waals surface area contributed by atoms with E-state index >= 15 is 0 Å². The van der Waals surface area contributed by atoms with E-state index in [4.69, 9.17) is 17.2 Å². The number of carboxylic acids is 2. The molecule has 0 heterocycles. The van der Waals surface area contributed by atoms with Gasteiger partial charge in [0.25, 0.3) is 0 Å². The number of hydrogen-bond donors (Lipinski definition) is 15. The topological polar surface area (TPSA) is 377 Å². The van der Waals surface area contributed by atoms with E-state index in [0.717, 1.165) is 0 Å². The van der Waals surface area contributed by atoms with E-state index in [1.54, 1.807) is 27.7 Å². The van der Waals surface area contributed by atoms with Crippen molar-refractivity contribution in [2.75, 3.05) is 24.6 Å². The van der Waals surface area contributed by atoms with Gasteiger partial charge in [-0.3, -0.25) is 38.4 Å². The predicted octanol–water partition coefficient (Wildman–Crippen LogP) is -1.19. The average Bonchev–Trinajstić information content (AvgIpc) is 3.27. The summed E-state index contributed by atoms with van der Waals surface area (Å²) in [5.41, 5.74) is 17.7. The molecule has 0 unspecified atom stereocenters. The zero-order valence-electron chi connectivity index (χ0n) is 39.3. The second kappa shape index (κ2) is 32.6. The van der Waals surface area contributed by atoms with Gasteiger partial charge in [-0.15, -0.1) is 0 Å². The van der Waals surface area contributed by atoms with Crippen molar-refractivity contribution in [3.05, 3.63) is 29.8 Å². The van der Waals surface area contributed by atoms with Crippen LogP contribution >= 0.6 is 25.3 Å². The first-order chi connectivity index (χ1) is 32.1. The molecule has 0 aromatic heterocycles. The van der Waals surface area contributed by atoms with E-state index in [2.05, 4.69) is 62.5 Å². The molecule has 68 heavy (non-hydrogen) atoms. The van der Waals surface area contributed by atoms with Gasteiger partial charge in [0.2, 0.25) is 41.4 Å². The van der Waals surface area contributed by atoms with Crippen molar-refractivity contribution in [2.45, 2.75) is 147 Å². The number of aromatic hydroxyl groups is 1. The zero-order chi connectivity index (χ0) is 51.5. The molecule has 0 radical (unpaired) electrons. The lowest BCUT2D eigenvalue weighted by molar-refractivity contribution is -0.141. The van der Waals surface area contributed by atoms with Crippen molar-refractivity contribution in [3.8, 4) is 5.75 Å². The Morgan fingerprint density at radius 2 is 0.882 bits per heavy atom. The van der Waals surface area contributed by atoms with Crippen LogP contribution in [0.4, 0.5) is 0 Å². The number of carboxylic acid groups (broad SMARTS) is 2. The fraction of sp³-hybridized carbons (Fsp3) is 0.659. The number of unbranched alkanes of at least 4 members (excludes halogenated alkanes) is 2. The standard InChI is InChI=1S/C44H74N10O12S2/c1-24(2)19-32(41(62)52-33(20-25(3)4)42(63)53-34(21-26-11-13-27(55)14-12-26)43(64)54-35(23-68)44(65)66)51-39(60)30(10-6-8-18-46)49-38(59)29(9-5-7-17-45)50-40(61)31(15-16-36(56)57)48-37(58)28(47)22-67/h11-14,24-25,28-35,55,67-68H,5-10,15-23,45-47H2,1-4H3,(H,48,58)(H,49,59)(H,50,61)(H,51,60)(H,52,62)(H,53,63)(H,54,64)(H,56,57)(H,65,66)/t28-,29-,30-,31-,32-,33-,34-,35-/m0/s1. The van der Waals surface area contributed by atoms with Crippen LogP contribution in [0.15, 0.2) is 24.3 Å². The smallest absolute Gasteiger partial charge is 0.327 e. The molecule has 0 aliphatic carbocycles. The number of thiol groups is 2. The Kier molecular flexibility index (Phi) is 29.1. The zero-order valence-corrected chi connectivity index (χ0v) is 41.1. The molecule has 0 saturated carbocycles. The predicted molar refractivity (Wildman–Crippen MR) is 260 cm³/mol. The van der Waals surface area contributed by atoms with Crippen LogP contribution in [0.1, 0.15) is 97.5 Å². The number of carbonyl (C=O) groups excluding carboxylic acids is 7. The van der Waals surface area contributed by atoms with Gasteiger partial charge in [-0.1, -0.05) is 39.8 Å². The Labute approximate surface area is 408 Å². The van der Waals surface area contributed by atoms with Gasteiger partial charge in [0.1, 0.15) is 48.0 Å². The van der Waals surface area contributed by atoms with Crippen molar-refractivity contribution in [2.24, 2.45) is 29.0 Å². The van der Waals surface area contributed by atoms with E-state index in [1.807, 2.05) is 0 Å². The number of nitrogens with one attached hydrogen (secondary N) is 7. The van der Waals surface area contributed by atoms with E-state index in [0.29, 0.717) is 31.2 Å². The second-order valence-corrected chi connectivity index (χ2v) is 18.1. The van der Waals surface area contributed by atoms with Crippen LogP contribution < -0.4 is 54.4 Å². The molecule has 0 aliphatic heterocycles. The van der Waals surface area contributed by atoms with Crippen molar-refractivity contribution in [1.29, 1.82) is 0 Å². The highest BCUT2D eigenvalue weighted by molar-refractivity contribution is 7.80. The van der Waals surface area contributed by atoms with Gasteiger partial charge in [0, 0.05) is 24.3 Å². The summed E-state index contributed by atoms with van der Waals surface area (Å²) in [5.74, 6) is -8.84. The lowest BCUT2D eigenvalue weighted by Gasteiger charge is -2.29. The quantitative estimate of drug-likeness (QED) is 0.0285. The molecule has 7 amide bonds. The van der Waals surface area contributed by atoms with Crippen LogP contribution in [0.5, 0.6) is 5.75 Å². The molecule has 24 heteroatoms. The monoisotopic (exact) mass is 998 g/mol. The molecule has 8 atom stereocenters. The van der Waals surface area contributed by atoms with Crippen LogP contribution in [-0.4, -0.2) is 142 Å². The van der Waals surface area contributed by atoms with Gasteiger partial charge < -0.3 is 69.7 Å². The van der Waals surface area contributed by atoms with Crippen molar-refractivity contribution >= 4 is 78.5 Å². The fourth-order valence-electron chi connectivity index (χ4n) is 6.72. The van der Waals surface area contributed by atoms with Crippen molar-refractivity contribution < 1.29 is 58.5 Å². The highest BCUT2D eigenvalue weighted by Gasteiger charge is 2.35. The summed E-state index contributed by atoms with van der Waals surface area (Å²) in [7, 11) is 0. The lowest BCUT2D eigenvalue weighted by Crippen LogP contribution is -2.60. The highest BCUT2D eigenvalue weighted by Crippen LogP contribution is 2.15. The minimum atomic E-state index is -1.39. The summed E-state index contributed by atoms with van der Waals surface area (Å²) in [6.45, 7) is 7.75. The minimum absolute atomic E-state index is 0.0440. The first-order valence-corrected chi connectivity index (χ1v) is 24.1. The third-order valence-corrected chi connectivity index (χ3v) is 11.2. The third kappa shape index (κ3) is 23.7. The molecule has 22 nitrogen and oxygen atoms in total. The SMILES string of the molecule is CC(C)C[C@H](NC(=O)[C@H](CC(C)C)NC(=O)[C@H](CCCCN)NC(=O)[C@H](CCCCN)NC(=O)[C@H](CCC(=O)O)NC(=O)[C@@H](N)CS)C(=O)N[C@@H](Cc1ccc(O)cc1)C(=O)N[C@@H](CS)C(=O)O. The number of hydrogen-bond acceptors (Lipinski definition) is 15. The summed E-state index contributed by atoms with van der Waals surface area (Å²) in [5, 5.41) is 46.8. The number of rotatable bonds is 34. The van der Waals surface area contributed by atoms with Gasteiger partial charge in [0.15, 0.2) is 0 Å².